The van der Waals surface area contributed by atoms with Crippen LogP contribution < -0.4 is 0 Å². The number of aliphatic carboxylic acids is 1. The third-order valence-corrected chi connectivity index (χ3v) is 4.14. The van der Waals surface area contributed by atoms with E-state index < -0.39 is 21.7 Å². The fraction of sp³-hybridized carbons (Fsp3) is 0.600. The first-order valence-corrected chi connectivity index (χ1v) is 6.96. The van der Waals surface area contributed by atoms with E-state index >= 15 is 0 Å². The van der Waals surface area contributed by atoms with Crippen LogP contribution in [0.1, 0.15) is 18.3 Å². The van der Waals surface area contributed by atoms with Gasteiger partial charge in [0.25, 0.3) is 0 Å². The van der Waals surface area contributed by atoms with E-state index in [1.165, 1.54) is 11.6 Å². The summed E-state index contributed by atoms with van der Waals surface area (Å²) in [5.41, 5.74) is 1.31. The van der Waals surface area contributed by atoms with Crippen molar-refractivity contribution in [3.63, 3.8) is 0 Å². The van der Waals surface area contributed by atoms with Gasteiger partial charge in [0.15, 0.2) is 9.84 Å². The molecule has 1 unspecified atom stereocenters. The average molecular weight is 260 g/mol. The van der Waals surface area contributed by atoms with Crippen molar-refractivity contribution in [2.75, 3.05) is 5.75 Å². The van der Waals surface area contributed by atoms with Crippen LogP contribution in [0.4, 0.5) is 0 Å². The summed E-state index contributed by atoms with van der Waals surface area (Å²) >= 11 is 0. The zero-order chi connectivity index (χ0) is 13.2. The summed E-state index contributed by atoms with van der Waals surface area (Å²) in [6.07, 6.45) is 0. The van der Waals surface area contributed by atoms with Gasteiger partial charge >= 0.3 is 5.97 Å². The summed E-state index contributed by atoms with van der Waals surface area (Å²) < 4.78 is 25.0. The molecule has 96 valence electrons. The molecule has 1 aromatic heterocycles. The lowest BCUT2D eigenvalue weighted by Crippen LogP contribution is -2.22. The van der Waals surface area contributed by atoms with Gasteiger partial charge in [-0.25, -0.2) is 8.42 Å². The highest BCUT2D eigenvalue weighted by Crippen LogP contribution is 2.11. The summed E-state index contributed by atoms with van der Waals surface area (Å²) in [5, 5.41) is 12.7. The van der Waals surface area contributed by atoms with E-state index in [1.54, 1.807) is 20.0 Å². The molecular weight excluding hydrogens is 244 g/mol. The zero-order valence-electron chi connectivity index (χ0n) is 10.0. The lowest BCUT2D eigenvalue weighted by Gasteiger charge is -2.07. The fourth-order valence-corrected chi connectivity index (χ4v) is 3.28. The number of aromatic nitrogens is 2. The molecule has 1 rings (SSSR count). The van der Waals surface area contributed by atoms with E-state index in [0.717, 1.165) is 5.69 Å². The van der Waals surface area contributed by atoms with Crippen LogP contribution in [0, 0.1) is 12.8 Å². The monoisotopic (exact) mass is 260 g/mol. The van der Waals surface area contributed by atoms with Gasteiger partial charge in [-0.2, -0.15) is 5.10 Å². The van der Waals surface area contributed by atoms with Gasteiger partial charge in [0.05, 0.1) is 28.8 Å². The molecule has 7 heteroatoms. The molecule has 0 fully saturated rings. The highest BCUT2D eigenvalue weighted by atomic mass is 32.2. The summed E-state index contributed by atoms with van der Waals surface area (Å²) in [6, 6.07) is 1.68. The minimum absolute atomic E-state index is 0.179. The van der Waals surface area contributed by atoms with Crippen molar-refractivity contribution < 1.29 is 18.3 Å². The van der Waals surface area contributed by atoms with E-state index in [4.69, 9.17) is 5.11 Å². The molecule has 0 spiro atoms. The summed E-state index contributed by atoms with van der Waals surface area (Å²) in [5.74, 6) is -2.53. The Labute approximate surface area is 100 Å². The number of carboxylic acids is 1. The second kappa shape index (κ2) is 4.87. The minimum atomic E-state index is -3.43. The van der Waals surface area contributed by atoms with E-state index in [1.807, 2.05) is 0 Å². The molecule has 1 aromatic rings. The van der Waals surface area contributed by atoms with Crippen molar-refractivity contribution in [1.82, 2.24) is 9.78 Å². The van der Waals surface area contributed by atoms with Crippen LogP contribution in [0.2, 0.25) is 0 Å². The third kappa shape index (κ3) is 3.85. The molecule has 0 saturated carbocycles. The number of hydrogen-bond acceptors (Lipinski definition) is 4. The van der Waals surface area contributed by atoms with Gasteiger partial charge in [0, 0.05) is 7.05 Å². The standard InChI is InChI=1S/C10H16N2O4S/c1-7(10(13)14)5-17(15,16)6-9-4-8(2)11-12(9)3/h4,7H,5-6H2,1-3H3,(H,13,14). The number of rotatable bonds is 5. The Hall–Kier alpha value is -1.37. The first kappa shape index (κ1) is 13.7. The van der Waals surface area contributed by atoms with Crippen molar-refractivity contribution in [2.24, 2.45) is 13.0 Å². The molecule has 0 aliphatic carbocycles. The molecule has 0 aliphatic rings. The second-order valence-corrected chi connectivity index (χ2v) is 6.30. The number of hydrogen-bond donors (Lipinski definition) is 1. The quantitative estimate of drug-likeness (QED) is 0.825. The van der Waals surface area contributed by atoms with Gasteiger partial charge in [0.1, 0.15) is 0 Å². The molecule has 0 aliphatic heterocycles. The number of carboxylic acid groups (broad SMARTS) is 1. The minimum Gasteiger partial charge on any atom is -0.481 e. The first-order valence-electron chi connectivity index (χ1n) is 5.14. The lowest BCUT2D eigenvalue weighted by atomic mass is 10.2. The SMILES string of the molecule is Cc1cc(CS(=O)(=O)CC(C)C(=O)O)n(C)n1. The summed E-state index contributed by atoms with van der Waals surface area (Å²) in [6.45, 7) is 3.16. The molecule has 1 heterocycles. The molecule has 0 saturated heterocycles. The Morgan fingerprint density at radius 3 is 2.59 bits per heavy atom. The van der Waals surface area contributed by atoms with Gasteiger partial charge in [-0.1, -0.05) is 6.92 Å². The Morgan fingerprint density at radius 2 is 2.18 bits per heavy atom. The van der Waals surface area contributed by atoms with E-state index in [-0.39, 0.29) is 11.5 Å². The van der Waals surface area contributed by atoms with Crippen molar-refractivity contribution in [2.45, 2.75) is 19.6 Å². The molecule has 0 radical (unpaired) electrons. The highest BCUT2D eigenvalue weighted by molar-refractivity contribution is 7.90. The normalized spacial score (nSPS) is 13.6. The van der Waals surface area contributed by atoms with Gasteiger partial charge in [-0.3, -0.25) is 9.48 Å². The molecule has 0 bridgehead atoms. The predicted molar refractivity (Wildman–Crippen MR) is 62.2 cm³/mol. The van der Waals surface area contributed by atoms with E-state index in [2.05, 4.69) is 5.10 Å². The van der Waals surface area contributed by atoms with E-state index in [0.29, 0.717) is 5.69 Å². The maximum Gasteiger partial charge on any atom is 0.307 e. The number of aryl methyl sites for hydroxylation is 2. The molecule has 0 aromatic carbocycles. The highest BCUT2D eigenvalue weighted by Gasteiger charge is 2.22. The van der Waals surface area contributed by atoms with Gasteiger partial charge in [-0.05, 0) is 13.0 Å². The Balaban J connectivity index is 2.80. The maximum atomic E-state index is 11.8. The van der Waals surface area contributed by atoms with Crippen LogP contribution in [0.5, 0.6) is 0 Å². The van der Waals surface area contributed by atoms with Crippen LogP contribution in [-0.2, 0) is 27.4 Å². The van der Waals surface area contributed by atoms with Gasteiger partial charge < -0.3 is 5.11 Å². The average Bonchev–Trinajstić information content (AvgIpc) is 2.43. The van der Waals surface area contributed by atoms with Gasteiger partial charge in [0.2, 0.25) is 0 Å². The van der Waals surface area contributed by atoms with Crippen LogP contribution in [0.25, 0.3) is 0 Å². The Morgan fingerprint density at radius 1 is 1.59 bits per heavy atom. The second-order valence-electron chi connectivity index (χ2n) is 4.19. The van der Waals surface area contributed by atoms with Crippen LogP contribution in [-0.4, -0.2) is 35.0 Å². The van der Waals surface area contributed by atoms with E-state index in [9.17, 15) is 13.2 Å². The first-order chi connectivity index (χ1) is 7.71. The number of sulfone groups is 1. The summed E-state index contributed by atoms with van der Waals surface area (Å²) in [7, 11) is -1.76. The molecular formula is C10H16N2O4S. The molecule has 1 N–H and O–H groups in total. The molecule has 0 amide bonds. The molecule has 17 heavy (non-hydrogen) atoms. The smallest absolute Gasteiger partial charge is 0.307 e. The number of nitrogens with zero attached hydrogens (tertiary/aromatic N) is 2. The zero-order valence-corrected chi connectivity index (χ0v) is 10.9. The topological polar surface area (TPSA) is 89.3 Å². The van der Waals surface area contributed by atoms with Crippen molar-refractivity contribution >= 4 is 15.8 Å². The molecule has 6 nitrogen and oxygen atoms in total. The van der Waals surface area contributed by atoms with Crippen LogP contribution in [0.15, 0.2) is 6.07 Å². The predicted octanol–water partition coefficient (Wildman–Crippen LogP) is 0.364. The largest absolute Gasteiger partial charge is 0.481 e. The van der Waals surface area contributed by atoms with Crippen molar-refractivity contribution in [1.29, 1.82) is 0 Å². The Bertz CT molecular complexity index is 518. The lowest BCUT2D eigenvalue weighted by molar-refractivity contribution is -0.140. The van der Waals surface area contributed by atoms with Crippen molar-refractivity contribution in [3.8, 4) is 0 Å². The van der Waals surface area contributed by atoms with Crippen molar-refractivity contribution in [3.05, 3.63) is 17.5 Å². The van der Waals surface area contributed by atoms with Gasteiger partial charge in [-0.15, -0.1) is 0 Å². The third-order valence-electron chi connectivity index (χ3n) is 2.39. The van der Waals surface area contributed by atoms with Crippen LogP contribution in [0.3, 0.4) is 0 Å². The number of carbonyl (C=O) groups is 1. The summed E-state index contributed by atoms with van der Waals surface area (Å²) in [4.78, 5) is 10.6. The van der Waals surface area contributed by atoms with Crippen LogP contribution >= 0.6 is 0 Å². The molecule has 1 atom stereocenters. The fourth-order valence-electron chi connectivity index (χ4n) is 1.54. The maximum absolute atomic E-state index is 11.8. The Kier molecular flexibility index (Phi) is 3.92.